The lowest BCUT2D eigenvalue weighted by molar-refractivity contribution is -0.124. The minimum absolute atomic E-state index is 0.0969. The summed E-state index contributed by atoms with van der Waals surface area (Å²) in [6.45, 7) is 5.34. The quantitative estimate of drug-likeness (QED) is 0.778. The van der Waals surface area contributed by atoms with Crippen LogP contribution in [0, 0.1) is 13.8 Å². The highest BCUT2D eigenvalue weighted by Crippen LogP contribution is 2.36. The first-order chi connectivity index (χ1) is 12.0. The van der Waals surface area contributed by atoms with Crippen LogP contribution in [-0.4, -0.2) is 33.4 Å². The van der Waals surface area contributed by atoms with Crippen molar-refractivity contribution in [3.8, 4) is 0 Å². The minimum Gasteiger partial charge on any atom is -0.356 e. The van der Waals surface area contributed by atoms with E-state index in [1.54, 1.807) is 0 Å². The van der Waals surface area contributed by atoms with Gasteiger partial charge in [-0.25, -0.2) is 0 Å². The highest BCUT2D eigenvalue weighted by molar-refractivity contribution is 8.01. The lowest BCUT2D eigenvalue weighted by atomic mass is 10.2. The molecule has 1 aliphatic rings. The summed E-state index contributed by atoms with van der Waals surface area (Å²) in [5.74, 6) is -0.207. The molecule has 0 saturated carbocycles. The van der Waals surface area contributed by atoms with Crippen molar-refractivity contribution in [1.82, 2.24) is 15.1 Å². The second-order valence-electron chi connectivity index (χ2n) is 6.15. The summed E-state index contributed by atoms with van der Waals surface area (Å²) >= 11 is 1.45. The molecule has 25 heavy (non-hydrogen) atoms. The lowest BCUT2D eigenvalue weighted by Gasteiger charge is -2.23. The van der Waals surface area contributed by atoms with Crippen LogP contribution in [0.25, 0.3) is 0 Å². The first-order valence-electron chi connectivity index (χ1n) is 8.37. The molecule has 7 heteroatoms. The number of carbonyl (C=O) groups excluding carboxylic acids is 2. The van der Waals surface area contributed by atoms with Crippen molar-refractivity contribution < 1.29 is 9.59 Å². The summed E-state index contributed by atoms with van der Waals surface area (Å²) in [5, 5.41) is 9.77. The first-order valence-corrected chi connectivity index (χ1v) is 9.25. The van der Waals surface area contributed by atoms with E-state index in [0.29, 0.717) is 6.54 Å². The summed E-state index contributed by atoms with van der Waals surface area (Å²) in [6.07, 6.45) is 0.991. The lowest BCUT2D eigenvalue weighted by Crippen LogP contribution is -2.35. The average molecular weight is 358 g/mol. The number of hydrogen-bond donors (Lipinski definition) is 2. The standard InChI is InChI=1S/C18H22N4O2S/c1-12-10-13(2)22(21-12)9-5-8-19-17(23)11-16-18(24)20-14-6-3-4-7-15(14)25-16/h3-4,6-7,10,16H,5,8-9,11H2,1-2H3,(H,19,23)(H,20,24). The van der Waals surface area contributed by atoms with Crippen LogP contribution in [0.2, 0.25) is 0 Å². The normalized spacial score (nSPS) is 16.2. The fourth-order valence-corrected chi connectivity index (χ4v) is 3.94. The molecule has 6 nitrogen and oxygen atoms in total. The SMILES string of the molecule is Cc1cc(C)n(CCCNC(=O)CC2Sc3ccccc3NC2=O)n1. The number of anilines is 1. The highest BCUT2D eigenvalue weighted by Gasteiger charge is 2.28. The summed E-state index contributed by atoms with van der Waals surface area (Å²) < 4.78 is 1.95. The van der Waals surface area contributed by atoms with E-state index in [1.807, 2.05) is 48.9 Å². The Morgan fingerprint density at radius 3 is 2.92 bits per heavy atom. The Bertz CT molecular complexity index is 787. The maximum absolute atomic E-state index is 12.1. The van der Waals surface area contributed by atoms with Crippen molar-refractivity contribution in [2.75, 3.05) is 11.9 Å². The van der Waals surface area contributed by atoms with Crippen molar-refractivity contribution >= 4 is 29.3 Å². The number of fused-ring (bicyclic) bond motifs is 1. The molecule has 0 aliphatic carbocycles. The number of aryl methyl sites for hydroxylation is 3. The molecule has 3 rings (SSSR count). The first kappa shape index (κ1) is 17.5. The van der Waals surface area contributed by atoms with Crippen LogP contribution in [-0.2, 0) is 16.1 Å². The van der Waals surface area contributed by atoms with Gasteiger partial charge >= 0.3 is 0 Å². The van der Waals surface area contributed by atoms with E-state index in [2.05, 4.69) is 15.7 Å². The molecule has 1 aromatic carbocycles. The van der Waals surface area contributed by atoms with Crippen molar-refractivity contribution in [2.24, 2.45) is 0 Å². The molecule has 132 valence electrons. The molecule has 0 saturated heterocycles. The number of thioether (sulfide) groups is 1. The van der Waals surface area contributed by atoms with Gasteiger partial charge in [0.25, 0.3) is 0 Å². The van der Waals surface area contributed by atoms with Gasteiger partial charge in [-0.05, 0) is 38.5 Å². The zero-order valence-electron chi connectivity index (χ0n) is 14.4. The Hall–Kier alpha value is -2.28. The molecule has 2 aromatic rings. The molecular weight excluding hydrogens is 336 g/mol. The summed E-state index contributed by atoms with van der Waals surface area (Å²) in [5.41, 5.74) is 2.94. The third kappa shape index (κ3) is 4.42. The molecule has 1 unspecified atom stereocenters. The molecule has 1 atom stereocenters. The average Bonchev–Trinajstić information content (AvgIpc) is 2.90. The molecule has 1 aromatic heterocycles. The van der Waals surface area contributed by atoms with Crippen LogP contribution in [0.1, 0.15) is 24.2 Å². The van der Waals surface area contributed by atoms with Crippen LogP contribution in [0.5, 0.6) is 0 Å². The molecule has 0 bridgehead atoms. The number of carbonyl (C=O) groups is 2. The van der Waals surface area contributed by atoms with Gasteiger partial charge in [0.05, 0.1) is 16.6 Å². The van der Waals surface area contributed by atoms with E-state index >= 15 is 0 Å². The third-order valence-corrected chi connectivity index (χ3v) is 5.32. The van der Waals surface area contributed by atoms with Crippen molar-refractivity contribution in [3.05, 3.63) is 41.7 Å². The molecule has 2 N–H and O–H groups in total. The Morgan fingerprint density at radius 2 is 2.16 bits per heavy atom. The van der Waals surface area contributed by atoms with Gasteiger partial charge in [-0.3, -0.25) is 14.3 Å². The monoisotopic (exact) mass is 358 g/mol. The topological polar surface area (TPSA) is 76.0 Å². The van der Waals surface area contributed by atoms with Gasteiger partial charge in [-0.15, -0.1) is 11.8 Å². The molecule has 0 radical (unpaired) electrons. The Labute approximate surface area is 151 Å². The fourth-order valence-electron chi connectivity index (χ4n) is 2.83. The molecule has 0 spiro atoms. The van der Waals surface area contributed by atoms with E-state index in [0.717, 1.165) is 34.9 Å². The minimum atomic E-state index is -0.383. The smallest absolute Gasteiger partial charge is 0.238 e. The number of amides is 2. The number of para-hydroxylation sites is 1. The van der Waals surface area contributed by atoms with Crippen LogP contribution >= 0.6 is 11.8 Å². The Kier molecular flexibility index (Phi) is 5.43. The van der Waals surface area contributed by atoms with Gasteiger partial charge in [0.15, 0.2) is 0 Å². The second-order valence-corrected chi connectivity index (χ2v) is 7.39. The van der Waals surface area contributed by atoms with Gasteiger partial charge in [0.1, 0.15) is 0 Å². The number of hydrogen-bond acceptors (Lipinski definition) is 4. The van der Waals surface area contributed by atoms with Crippen molar-refractivity contribution in [2.45, 2.75) is 43.4 Å². The Morgan fingerprint density at radius 1 is 1.36 bits per heavy atom. The molecule has 2 amide bonds. The molecule has 0 fully saturated rings. The molecule has 2 heterocycles. The van der Waals surface area contributed by atoms with Crippen LogP contribution in [0.4, 0.5) is 5.69 Å². The van der Waals surface area contributed by atoms with E-state index < -0.39 is 0 Å². The van der Waals surface area contributed by atoms with E-state index in [-0.39, 0.29) is 23.5 Å². The number of nitrogens with one attached hydrogen (secondary N) is 2. The van der Waals surface area contributed by atoms with E-state index in [9.17, 15) is 9.59 Å². The number of nitrogens with zero attached hydrogens (tertiary/aromatic N) is 2. The van der Waals surface area contributed by atoms with Crippen LogP contribution in [0.15, 0.2) is 35.2 Å². The van der Waals surface area contributed by atoms with Gasteiger partial charge in [0.2, 0.25) is 11.8 Å². The summed E-state index contributed by atoms with van der Waals surface area (Å²) in [4.78, 5) is 25.3. The zero-order valence-corrected chi connectivity index (χ0v) is 15.2. The van der Waals surface area contributed by atoms with Gasteiger partial charge in [-0.2, -0.15) is 5.10 Å². The largest absolute Gasteiger partial charge is 0.356 e. The molecular formula is C18H22N4O2S. The number of benzene rings is 1. The van der Waals surface area contributed by atoms with Crippen LogP contribution in [0.3, 0.4) is 0 Å². The Balaban J connectivity index is 1.43. The highest BCUT2D eigenvalue weighted by atomic mass is 32.2. The number of aromatic nitrogens is 2. The van der Waals surface area contributed by atoms with E-state index in [1.165, 1.54) is 11.8 Å². The van der Waals surface area contributed by atoms with Crippen LogP contribution < -0.4 is 10.6 Å². The predicted molar refractivity (Wildman–Crippen MR) is 98.7 cm³/mol. The van der Waals surface area contributed by atoms with Gasteiger partial charge in [0, 0.05) is 30.1 Å². The summed E-state index contributed by atoms with van der Waals surface area (Å²) in [6, 6.07) is 9.68. The maximum Gasteiger partial charge on any atom is 0.238 e. The van der Waals surface area contributed by atoms with Crippen molar-refractivity contribution in [1.29, 1.82) is 0 Å². The third-order valence-electron chi connectivity index (χ3n) is 4.05. The van der Waals surface area contributed by atoms with Gasteiger partial charge < -0.3 is 10.6 Å². The number of rotatable bonds is 6. The predicted octanol–water partition coefficient (Wildman–Crippen LogP) is 2.51. The second kappa shape index (κ2) is 7.74. The zero-order chi connectivity index (χ0) is 17.8. The summed E-state index contributed by atoms with van der Waals surface area (Å²) in [7, 11) is 0. The maximum atomic E-state index is 12.1. The van der Waals surface area contributed by atoms with Gasteiger partial charge in [-0.1, -0.05) is 12.1 Å². The fraction of sp³-hybridized carbons (Fsp3) is 0.389. The van der Waals surface area contributed by atoms with Crippen molar-refractivity contribution in [3.63, 3.8) is 0 Å². The molecule has 1 aliphatic heterocycles. The van der Waals surface area contributed by atoms with E-state index in [4.69, 9.17) is 0 Å².